The largest absolute Gasteiger partial charge is 0.135 e. The molecule has 0 saturated carbocycles. The molecule has 1 aromatic heterocycles. The van der Waals surface area contributed by atoms with Crippen LogP contribution in [0.15, 0.2) is 170 Å². The molecule has 0 nitrogen and oxygen atoms in total. The van der Waals surface area contributed by atoms with E-state index in [9.17, 15) is 0 Å². The molecule has 0 unspecified atom stereocenters. The van der Waals surface area contributed by atoms with E-state index in [2.05, 4.69) is 198 Å². The standard InChI is InChI=1S/C54H40S/c1-53(2)45-25-15-13-21-39(45)40-29-27-34(32-47(40)53)36-18-8-6-5-7-17-35(37-19-9-10-20-38(36)37)33-28-30-46-44(31-33)49-41-22-11-12-23-42(41)52-50(51(49)54(46,3)4)43-24-14-16-26-48(43)55-52/h5-32H,1-4H3. The van der Waals surface area contributed by atoms with E-state index < -0.39 is 0 Å². The van der Waals surface area contributed by atoms with Crippen LogP contribution < -0.4 is 0 Å². The van der Waals surface area contributed by atoms with Crippen molar-refractivity contribution in [2.45, 2.75) is 38.5 Å². The predicted molar refractivity (Wildman–Crippen MR) is 238 cm³/mol. The minimum atomic E-state index is -0.153. The molecular formula is C54H40S. The average molecular weight is 721 g/mol. The Morgan fingerprint density at radius 2 is 0.891 bits per heavy atom. The normalized spacial score (nSPS) is 14.5. The molecule has 1 heterocycles. The summed E-state index contributed by atoms with van der Waals surface area (Å²) >= 11 is 1.94. The molecule has 0 saturated heterocycles. The fraction of sp³-hybridized carbons (Fsp3) is 0.111. The fourth-order valence-electron chi connectivity index (χ4n) is 10.1. The molecule has 11 rings (SSSR count). The molecule has 0 atom stereocenters. The van der Waals surface area contributed by atoms with Crippen LogP contribution in [0, 0.1) is 0 Å². The lowest BCUT2D eigenvalue weighted by atomic mass is 9.79. The maximum Gasteiger partial charge on any atom is 0.0437 e. The van der Waals surface area contributed by atoms with Gasteiger partial charge in [0.15, 0.2) is 0 Å². The van der Waals surface area contributed by atoms with Gasteiger partial charge in [-0.3, -0.25) is 0 Å². The summed E-state index contributed by atoms with van der Waals surface area (Å²) < 4.78 is 2.75. The second-order valence-electron chi connectivity index (χ2n) is 16.4. The second kappa shape index (κ2) is 11.7. The number of rotatable bonds is 2. The van der Waals surface area contributed by atoms with Crippen molar-refractivity contribution in [1.29, 1.82) is 0 Å². The van der Waals surface area contributed by atoms with Crippen LogP contribution in [0.2, 0.25) is 0 Å². The van der Waals surface area contributed by atoms with Crippen LogP contribution in [0.25, 0.3) is 86.2 Å². The van der Waals surface area contributed by atoms with Gasteiger partial charge in [0.05, 0.1) is 0 Å². The van der Waals surface area contributed by atoms with Gasteiger partial charge in [0, 0.05) is 36.4 Å². The molecular weight excluding hydrogens is 681 g/mol. The number of fused-ring (bicyclic) bond motifs is 14. The van der Waals surface area contributed by atoms with Crippen LogP contribution in [-0.4, -0.2) is 0 Å². The molecule has 9 aromatic rings. The number of benzene rings is 7. The summed E-state index contributed by atoms with van der Waals surface area (Å²) in [6.45, 7) is 9.59. The van der Waals surface area contributed by atoms with Gasteiger partial charge < -0.3 is 0 Å². The van der Waals surface area contributed by atoms with Crippen molar-refractivity contribution in [2.24, 2.45) is 0 Å². The molecule has 1 heteroatoms. The third-order valence-electron chi connectivity index (χ3n) is 12.7. The highest BCUT2D eigenvalue weighted by Crippen LogP contribution is 2.58. The summed E-state index contributed by atoms with van der Waals surface area (Å²) in [5.74, 6) is 0. The van der Waals surface area contributed by atoms with Crippen LogP contribution in [0.4, 0.5) is 0 Å². The van der Waals surface area contributed by atoms with E-state index in [-0.39, 0.29) is 10.8 Å². The first-order valence-corrected chi connectivity index (χ1v) is 20.3. The van der Waals surface area contributed by atoms with E-state index in [0.29, 0.717) is 0 Å². The summed E-state index contributed by atoms with van der Waals surface area (Å²) in [5.41, 5.74) is 15.8. The molecule has 0 bridgehead atoms. The zero-order valence-electron chi connectivity index (χ0n) is 31.6. The van der Waals surface area contributed by atoms with Crippen molar-refractivity contribution < 1.29 is 0 Å². The van der Waals surface area contributed by atoms with Crippen molar-refractivity contribution in [2.75, 3.05) is 0 Å². The predicted octanol–water partition coefficient (Wildman–Crippen LogP) is 15.4. The third-order valence-corrected chi connectivity index (χ3v) is 13.9. The molecule has 0 radical (unpaired) electrons. The quantitative estimate of drug-likeness (QED) is 0.167. The zero-order chi connectivity index (χ0) is 37.1. The molecule has 0 fully saturated rings. The van der Waals surface area contributed by atoms with Crippen LogP contribution in [0.3, 0.4) is 0 Å². The Kier molecular flexibility index (Phi) is 6.92. The van der Waals surface area contributed by atoms with E-state index in [1.54, 1.807) is 0 Å². The lowest BCUT2D eigenvalue weighted by Crippen LogP contribution is -2.15. The molecule has 0 amide bonds. The first-order valence-electron chi connectivity index (χ1n) is 19.4. The van der Waals surface area contributed by atoms with E-state index in [1.807, 2.05) is 11.3 Å². The highest BCUT2D eigenvalue weighted by atomic mass is 32.1. The number of hydrogen-bond donors (Lipinski definition) is 0. The summed E-state index contributed by atoms with van der Waals surface area (Å²) in [7, 11) is 0. The van der Waals surface area contributed by atoms with Gasteiger partial charge in [-0.25, -0.2) is 0 Å². The molecule has 0 aliphatic heterocycles. The van der Waals surface area contributed by atoms with Gasteiger partial charge >= 0.3 is 0 Å². The van der Waals surface area contributed by atoms with E-state index >= 15 is 0 Å². The van der Waals surface area contributed by atoms with Crippen LogP contribution in [0.5, 0.6) is 0 Å². The van der Waals surface area contributed by atoms with Crippen molar-refractivity contribution in [1.82, 2.24) is 0 Å². The fourth-order valence-corrected chi connectivity index (χ4v) is 11.3. The lowest BCUT2D eigenvalue weighted by Gasteiger charge is -2.23. The molecule has 262 valence electrons. The Morgan fingerprint density at radius 3 is 1.64 bits per heavy atom. The molecule has 8 aromatic carbocycles. The summed E-state index contributed by atoms with van der Waals surface area (Å²) in [6, 6.07) is 63.6. The second-order valence-corrected chi connectivity index (χ2v) is 17.4. The Morgan fingerprint density at radius 1 is 0.364 bits per heavy atom. The van der Waals surface area contributed by atoms with Crippen LogP contribution in [0.1, 0.15) is 49.9 Å². The van der Waals surface area contributed by atoms with Gasteiger partial charge in [-0.2, -0.15) is 0 Å². The topological polar surface area (TPSA) is 0 Å². The highest BCUT2D eigenvalue weighted by molar-refractivity contribution is 7.26. The summed E-state index contributed by atoms with van der Waals surface area (Å²) in [5, 5.41) is 7.95. The van der Waals surface area contributed by atoms with Gasteiger partial charge in [-0.1, -0.05) is 179 Å². The minimum Gasteiger partial charge on any atom is -0.135 e. The van der Waals surface area contributed by atoms with Gasteiger partial charge in [-0.05, 0) is 101 Å². The van der Waals surface area contributed by atoms with Crippen LogP contribution >= 0.6 is 11.3 Å². The monoisotopic (exact) mass is 720 g/mol. The maximum absolute atomic E-state index is 2.49. The molecule has 55 heavy (non-hydrogen) atoms. The Labute approximate surface area is 326 Å². The summed E-state index contributed by atoms with van der Waals surface area (Å²) in [4.78, 5) is 0. The third kappa shape index (κ3) is 4.57. The molecule has 0 N–H and O–H groups in total. The lowest BCUT2D eigenvalue weighted by molar-refractivity contribution is 0.660. The zero-order valence-corrected chi connectivity index (χ0v) is 32.4. The van der Waals surface area contributed by atoms with Crippen molar-refractivity contribution in [3.63, 3.8) is 0 Å². The van der Waals surface area contributed by atoms with Crippen molar-refractivity contribution >= 4 is 53.1 Å². The minimum absolute atomic E-state index is 0.0683. The van der Waals surface area contributed by atoms with Gasteiger partial charge in [0.2, 0.25) is 0 Å². The average Bonchev–Trinajstić information content (AvgIpc) is 3.79. The van der Waals surface area contributed by atoms with Gasteiger partial charge in [0.1, 0.15) is 0 Å². The van der Waals surface area contributed by atoms with Gasteiger partial charge in [0.25, 0.3) is 0 Å². The van der Waals surface area contributed by atoms with E-state index in [1.165, 1.54) is 108 Å². The Hall–Kier alpha value is -6.02. The number of hydrogen-bond acceptors (Lipinski definition) is 1. The smallest absolute Gasteiger partial charge is 0.0437 e. The molecule has 2 aliphatic carbocycles. The highest BCUT2D eigenvalue weighted by Gasteiger charge is 2.40. The first kappa shape index (κ1) is 32.4. The van der Waals surface area contributed by atoms with Gasteiger partial charge in [-0.15, -0.1) is 11.3 Å². The van der Waals surface area contributed by atoms with Crippen molar-refractivity contribution in [3.8, 4) is 44.5 Å². The van der Waals surface area contributed by atoms with E-state index in [0.717, 1.165) is 0 Å². The SMILES string of the molecule is CC1(C)c2ccccc2-c2ccc(-c3ccccccc(-c4ccc5c(c4)-c4c(c6c7ccccc7sc6c6ccccc46)C5(C)C)c4ccccc34)cc21. The van der Waals surface area contributed by atoms with Crippen LogP contribution in [-0.2, 0) is 10.8 Å². The Balaban J connectivity index is 1.17. The van der Waals surface area contributed by atoms with E-state index in [4.69, 9.17) is 0 Å². The summed E-state index contributed by atoms with van der Waals surface area (Å²) in [6.07, 6.45) is 0. The van der Waals surface area contributed by atoms with Crippen molar-refractivity contribution in [3.05, 3.63) is 192 Å². The molecule has 2 aliphatic rings. The first-order chi connectivity index (χ1) is 26.8. The maximum atomic E-state index is 2.49. The molecule has 0 spiro atoms. The Bertz CT molecular complexity index is 3150. The number of thiophene rings is 1.